The van der Waals surface area contributed by atoms with Gasteiger partial charge in [-0.15, -0.1) is 0 Å². The number of anilines is 1. The zero-order chi connectivity index (χ0) is 18.5. The fraction of sp³-hybridized carbons (Fsp3) is 0.381. The van der Waals surface area contributed by atoms with Crippen molar-refractivity contribution < 1.29 is 14.3 Å². The summed E-state index contributed by atoms with van der Waals surface area (Å²) in [6.45, 7) is 4.02. The summed E-state index contributed by atoms with van der Waals surface area (Å²) in [6, 6.07) is 15.8. The second-order valence-electron chi connectivity index (χ2n) is 6.59. The number of alkyl carbamates (subject to hydrolysis) is 1. The van der Waals surface area contributed by atoms with Gasteiger partial charge >= 0.3 is 6.09 Å². The van der Waals surface area contributed by atoms with E-state index in [1.807, 2.05) is 55.5 Å². The van der Waals surface area contributed by atoms with Crippen molar-refractivity contribution in [2.75, 3.05) is 12.4 Å². The molecule has 0 radical (unpaired) electrons. The molecule has 5 heteroatoms. The van der Waals surface area contributed by atoms with E-state index in [-0.39, 0.29) is 12.1 Å². The normalized spacial score (nSPS) is 19.7. The predicted molar refractivity (Wildman–Crippen MR) is 103 cm³/mol. The smallest absolute Gasteiger partial charge is 0.408 e. The van der Waals surface area contributed by atoms with E-state index in [1.54, 1.807) is 7.11 Å². The largest absolute Gasteiger partial charge is 0.497 e. The first-order chi connectivity index (χ1) is 12.6. The van der Waals surface area contributed by atoms with Crippen molar-refractivity contribution >= 4 is 11.8 Å². The van der Waals surface area contributed by atoms with Gasteiger partial charge in [0.15, 0.2) is 0 Å². The van der Waals surface area contributed by atoms with Gasteiger partial charge in [0.05, 0.1) is 13.2 Å². The second kappa shape index (κ2) is 8.13. The summed E-state index contributed by atoms with van der Waals surface area (Å²) in [4.78, 5) is 12.5. The van der Waals surface area contributed by atoms with Crippen LogP contribution in [-0.4, -0.2) is 19.2 Å². The Bertz CT molecular complexity index is 748. The van der Waals surface area contributed by atoms with Crippen LogP contribution in [0.1, 0.15) is 50.0 Å². The summed E-state index contributed by atoms with van der Waals surface area (Å²) in [7, 11) is 1.64. The Morgan fingerprint density at radius 1 is 1.27 bits per heavy atom. The minimum absolute atomic E-state index is 0.109. The number of ether oxygens (including phenoxy) is 2. The van der Waals surface area contributed by atoms with E-state index in [9.17, 15) is 4.79 Å². The first kappa shape index (κ1) is 18.1. The van der Waals surface area contributed by atoms with Crippen molar-refractivity contribution in [2.24, 2.45) is 0 Å². The molecule has 1 heterocycles. The second-order valence-corrected chi connectivity index (χ2v) is 6.59. The molecule has 3 atom stereocenters. The van der Waals surface area contributed by atoms with Gasteiger partial charge in [-0.2, -0.15) is 0 Å². The first-order valence-electron chi connectivity index (χ1n) is 9.07. The van der Waals surface area contributed by atoms with Crippen LogP contribution in [-0.2, 0) is 4.74 Å². The predicted octanol–water partition coefficient (Wildman–Crippen LogP) is 4.82. The molecular weight excluding hydrogens is 328 g/mol. The van der Waals surface area contributed by atoms with Gasteiger partial charge in [0.1, 0.15) is 11.9 Å². The molecule has 26 heavy (non-hydrogen) atoms. The number of methoxy groups -OCH3 is 1. The SMILES string of the molecule is CC[C@H]1C[C@@H](NC(=O)O[C@@H](C)c2ccccc2)c2cc(OC)ccc2N1. The van der Waals surface area contributed by atoms with Gasteiger partial charge in [-0.25, -0.2) is 4.79 Å². The van der Waals surface area contributed by atoms with Crippen LogP contribution in [0.2, 0.25) is 0 Å². The Kier molecular flexibility index (Phi) is 5.66. The number of nitrogens with one attached hydrogen (secondary N) is 2. The molecule has 2 N–H and O–H groups in total. The number of rotatable bonds is 5. The topological polar surface area (TPSA) is 59.6 Å². The van der Waals surface area contributed by atoms with Gasteiger partial charge in [0.25, 0.3) is 0 Å². The fourth-order valence-corrected chi connectivity index (χ4v) is 3.31. The third-order valence-corrected chi connectivity index (χ3v) is 4.85. The van der Waals surface area contributed by atoms with Crippen molar-refractivity contribution in [3.63, 3.8) is 0 Å². The number of benzene rings is 2. The Hall–Kier alpha value is -2.69. The van der Waals surface area contributed by atoms with Crippen molar-refractivity contribution in [1.29, 1.82) is 0 Å². The molecule has 138 valence electrons. The summed E-state index contributed by atoms with van der Waals surface area (Å²) in [5.41, 5.74) is 3.03. The number of carbonyl (C=O) groups excluding carboxylic acids is 1. The molecule has 0 saturated heterocycles. The molecule has 0 aliphatic carbocycles. The molecule has 0 bridgehead atoms. The summed E-state index contributed by atoms with van der Waals surface area (Å²) >= 11 is 0. The van der Waals surface area contributed by atoms with Gasteiger partial charge in [-0.05, 0) is 43.5 Å². The van der Waals surface area contributed by atoms with Gasteiger partial charge in [0, 0.05) is 17.3 Å². The zero-order valence-electron chi connectivity index (χ0n) is 15.5. The lowest BCUT2D eigenvalue weighted by Crippen LogP contribution is -2.37. The summed E-state index contributed by atoms with van der Waals surface area (Å²) in [6.07, 6.45) is 1.09. The highest BCUT2D eigenvalue weighted by atomic mass is 16.6. The standard InChI is InChI=1S/C21H26N2O3/c1-4-16-12-20(18-13-17(25-3)10-11-19(18)22-16)23-21(24)26-14(2)15-8-6-5-7-9-15/h5-11,13-14,16,20,22H,4,12H2,1-3H3,(H,23,24)/t14-,16-,20+/m0/s1. The lowest BCUT2D eigenvalue weighted by molar-refractivity contribution is 0.103. The zero-order valence-corrected chi connectivity index (χ0v) is 15.5. The molecule has 0 unspecified atom stereocenters. The van der Waals surface area contributed by atoms with E-state index in [2.05, 4.69) is 17.6 Å². The first-order valence-corrected chi connectivity index (χ1v) is 9.07. The summed E-state index contributed by atoms with van der Waals surface area (Å²) in [5, 5.41) is 6.55. The minimum atomic E-state index is -0.406. The highest BCUT2D eigenvalue weighted by Gasteiger charge is 2.28. The minimum Gasteiger partial charge on any atom is -0.497 e. The molecule has 3 rings (SSSR count). The number of fused-ring (bicyclic) bond motifs is 1. The maximum absolute atomic E-state index is 12.5. The van der Waals surface area contributed by atoms with Crippen LogP contribution in [0, 0.1) is 0 Å². The van der Waals surface area contributed by atoms with E-state index >= 15 is 0 Å². The van der Waals surface area contributed by atoms with Crippen LogP contribution in [0.4, 0.5) is 10.5 Å². The van der Waals surface area contributed by atoms with Gasteiger partial charge < -0.3 is 20.1 Å². The summed E-state index contributed by atoms with van der Waals surface area (Å²) < 4.78 is 10.9. The van der Waals surface area contributed by atoms with Crippen LogP contribution < -0.4 is 15.4 Å². The van der Waals surface area contributed by atoms with Crippen molar-refractivity contribution in [1.82, 2.24) is 5.32 Å². The number of hydrogen-bond acceptors (Lipinski definition) is 4. The Labute approximate surface area is 154 Å². The molecule has 0 fully saturated rings. The maximum Gasteiger partial charge on any atom is 0.408 e. The van der Waals surface area contributed by atoms with Crippen LogP contribution in [0.25, 0.3) is 0 Å². The van der Waals surface area contributed by atoms with Gasteiger partial charge in [0.2, 0.25) is 0 Å². The number of amides is 1. The third-order valence-electron chi connectivity index (χ3n) is 4.85. The van der Waals surface area contributed by atoms with Gasteiger partial charge in [-0.3, -0.25) is 0 Å². The van der Waals surface area contributed by atoms with Crippen molar-refractivity contribution in [3.05, 3.63) is 59.7 Å². The molecule has 1 amide bonds. The maximum atomic E-state index is 12.5. The molecule has 1 aliphatic heterocycles. The van der Waals surface area contributed by atoms with Crippen LogP contribution in [0.15, 0.2) is 48.5 Å². The molecular formula is C21H26N2O3. The summed E-state index contributed by atoms with van der Waals surface area (Å²) in [5.74, 6) is 0.776. The van der Waals surface area contributed by atoms with Crippen molar-refractivity contribution in [3.8, 4) is 5.75 Å². The highest BCUT2D eigenvalue weighted by molar-refractivity contribution is 5.70. The molecule has 0 spiro atoms. The molecule has 0 saturated carbocycles. The quantitative estimate of drug-likeness (QED) is 0.808. The fourth-order valence-electron chi connectivity index (χ4n) is 3.31. The van der Waals surface area contributed by atoms with Crippen LogP contribution in [0.3, 0.4) is 0 Å². The lowest BCUT2D eigenvalue weighted by atomic mass is 9.91. The number of hydrogen-bond donors (Lipinski definition) is 2. The lowest BCUT2D eigenvalue weighted by Gasteiger charge is -2.33. The Morgan fingerprint density at radius 3 is 2.73 bits per heavy atom. The molecule has 2 aromatic carbocycles. The number of carbonyl (C=O) groups is 1. The van der Waals surface area contributed by atoms with E-state index in [0.29, 0.717) is 6.04 Å². The molecule has 2 aromatic rings. The average molecular weight is 354 g/mol. The Morgan fingerprint density at radius 2 is 2.04 bits per heavy atom. The van der Waals surface area contributed by atoms with E-state index < -0.39 is 6.09 Å². The molecule has 5 nitrogen and oxygen atoms in total. The third kappa shape index (κ3) is 4.10. The molecule has 1 aliphatic rings. The monoisotopic (exact) mass is 354 g/mol. The molecule has 0 aromatic heterocycles. The van der Waals surface area contributed by atoms with E-state index in [0.717, 1.165) is 35.4 Å². The van der Waals surface area contributed by atoms with Crippen LogP contribution in [0.5, 0.6) is 5.75 Å². The Balaban J connectivity index is 1.73. The average Bonchev–Trinajstić information content (AvgIpc) is 2.68. The van der Waals surface area contributed by atoms with Crippen molar-refractivity contribution in [2.45, 2.75) is 44.9 Å². The van der Waals surface area contributed by atoms with Gasteiger partial charge in [-0.1, -0.05) is 37.3 Å². The van der Waals surface area contributed by atoms with E-state index in [1.165, 1.54) is 0 Å². The van der Waals surface area contributed by atoms with E-state index in [4.69, 9.17) is 9.47 Å². The van der Waals surface area contributed by atoms with Crippen LogP contribution >= 0.6 is 0 Å². The highest BCUT2D eigenvalue weighted by Crippen LogP contribution is 2.36.